The van der Waals surface area contributed by atoms with E-state index >= 15 is 0 Å². The first-order valence-electron chi connectivity index (χ1n) is 8.93. The molecule has 0 bridgehead atoms. The first-order valence-corrected chi connectivity index (χ1v) is 9.98. The van der Waals surface area contributed by atoms with Gasteiger partial charge in [0.05, 0.1) is 0 Å². The molecular weight excluding hydrogens is 365 g/mol. The summed E-state index contributed by atoms with van der Waals surface area (Å²) in [5.74, 6) is 2.02. The Balaban J connectivity index is 1.39. The van der Waals surface area contributed by atoms with Gasteiger partial charge in [-0.3, -0.25) is 4.79 Å². The number of rotatable bonds is 3. The third-order valence-electron chi connectivity index (χ3n) is 4.72. The molecule has 2 aromatic rings. The Morgan fingerprint density at radius 2 is 2.00 bits per heavy atom. The number of carbonyl (C=O) groups is 1. The zero-order valence-electron chi connectivity index (χ0n) is 14.8. The van der Waals surface area contributed by atoms with Gasteiger partial charge >= 0.3 is 0 Å². The zero-order chi connectivity index (χ0) is 18.6. The predicted octanol–water partition coefficient (Wildman–Crippen LogP) is 4.27. The summed E-state index contributed by atoms with van der Waals surface area (Å²) in [6.45, 7) is 1.52. The topological polar surface area (TPSA) is 38.8 Å². The highest BCUT2D eigenvalue weighted by Gasteiger charge is 2.22. The first-order chi connectivity index (χ1) is 13.2. The average Bonchev–Trinajstić information content (AvgIpc) is 3.01. The molecule has 2 aliphatic rings. The number of ether oxygens (including phenoxy) is 2. The summed E-state index contributed by atoms with van der Waals surface area (Å²) in [5.41, 5.74) is 1.62. The molecule has 4 rings (SSSR count). The summed E-state index contributed by atoms with van der Waals surface area (Å²) in [6, 6.07) is 12.5. The molecule has 27 heavy (non-hydrogen) atoms. The molecule has 1 fully saturated rings. The fraction of sp³-hybridized carbons (Fsp3) is 0.286. The van der Waals surface area contributed by atoms with E-state index in [4.69, 9.17) is 9.47 Å². The van der Waals surface area contributed by atoms with Crippen molar-refractivity contribution in [3.63, 3.8) is 0 Å². The van der Waals surface area contributed by atoms with E-state index in [9.17, 15) is 9.18 Å². The van der Waals surface area contributed by atoms with E-state index in [0.29, 0.717) is 18.8 Å². The van der Waals surface area contributed by atoms with E-state index in [1.807, 2.05) is 35.2 Å². The van der Waals surface area contributed by atoms with Gasteiger partial charge in [-0.1, -0.05) is 24.3 Å². The summed E-state index contributed by atoms with van der Waals surface area (Å²) in [6.07, 6.45) is 4.12. The van der Waals surface area contributed by atoms with Crippen molar-refractivity contribution in [1.82, 2.24) is 4.90 Å². The van der Waals surface area contributed by atoms with Crippen LogP contribution in [0.1, 0.15) is 22.8 Å². The van der Waals surface area contributed by atoms with Crippen LogP contribution < -0.4 is 9.47 Å². The summed E-state index contributed by atoms with van der Waals surface area (Å²) >= 11 is 1.71. The van der Waals surface area contributed by atoms with Crippen molar-refractivity contribution in [2.45, 2.75) is 11.7 Å². The highest BCUT2D eigenvalue weighted by atomic mass is 32.2. The van der Waals surface area contributed by atoms with Gasteiger partial charge in [0.1, 0.15) is 5.82 Å². The lowest BCUT2D eigenvalue weighted by atomic mass is 10.1. The number of hydrogen-bond donors (Lipinski definition) is 0. The first kappa shape index (κ1) is 17.9. The van der Waals surface area contributed by atoms with Gasteiger partial charge in [-0.25, -0.2) is 4.39 Å². The van der Waals surface area contributed by atoms with Crippen molar-refractivity contribution in [2.24, 2.45) is 0 Å². The number of hydrogen-bond acceptors (Lipinski definition) is 4. The van der Waals surface area contributed by atoms with Crippen molar-refractivity contribution in [2.75, 3.05) is 25.6 Å². The van der Waals surface area contributed by atoms with Crippen LogP contribution in [-0.4, -0.2) is 36.4 Å². The number of nitrogens with zero attached hydrogens (tertiary/aromatic N) is 1. The Morgan fingerprint density at radius 3 is 2.89 bits per heavy atom. The minimum atomic E-state index is -0.169. The number of fused-ring (bicyclic) bond motifs is 1. The van der Waals surface area contributed by atoms with Crippen molar-refractivity contribution < 1.29 is 18.7 Å². The molecular formula is C21H20FNO3S. The van der Waals surface area contributed by atoms with Crippen LogP contribution in [0.3, 0.4) is 0 Å². The predicted molar refractivity (Wildman–Crippen MR) is 104 cm³/mol. The fourth-order valence-corrected chi connectivity index (χ4v) is 4.52. The van der Waals surface area contributed by atoms with Crippen LogP contribution in [0, 0.1) is 5.82 Å². The third-order valence-corrected chi connectivity index (χ3v) is 6.03. The fourth-order valence-electron chi connectivity index (χ4n) is 3.26. The van der Waals surface area contributed by atoms with Gasteiger partial charge in [-0.2, -0.15) is 11.8 Å². The average molecular weight is 385 g/mol. The second-order valence-corrected chi connectivity index (χ2v) is 7.75. The SMILES string of the molecule is O=C(/C=C/c1ccc2c(c1)OCO2)N1CCS[C@H](c2ccccc2F)CC1. The van der Waals surface area contributed by atoms with E-state index in [1.165, 1.54) is 6.07 Å². The number of halogens is 1. The maximum Gasteiger partial charge on any atom is 0.246 e. The second kappa shape index (κ2) is 8.05. The standard InChI is InChI=1S/C21H20FNO3S/c22-17-4-2-1-3-16(17)20-9-10-23(11-12-27-20)21(24)8-6-15-5-7-18-19(13-15)26-14-25-18/h1-8,13,20H,9-12,14H2/b8-6+/t20-/m0/s1. The van der Waals surface area contributed by atoms with Gasteiger partial charge in [-0.15, -0.1) is 0 Å². The Labute approximate surface area is 162 Å². The lowest BCUT2D eigenvalue weighted by Gasteiger charge is -2.18. The summed E-state index contributed by atoms with van der Waals surface area (Å²) in [4.78, 5) is 14.4. The molecule has 0 saturated carbocycles. The maximum atomic E-state index is 14.0. The molecule has 0 N–H and O–H groups in total. The van der Waals surface area contributed by atoms with E-state index in [1.54, 1.807) is 30.0 Å². The van der Waals surface area contributed by atoms with Crippen molar-refractivity contribution in [1.29, 1.82) is 0 Å². The highest BCUT2D eigenvalue weighted by molar-refractivity contribution is 7.99. The van der Waals surface area contributed by atoms with Crippen LogP contribution in [-0.2, 0) is 4.79 Å². The molecule has 2 heterocycles. The van der Waals surface area contributed by atoms with E-state index < -0.39 is 0 Å². The molecule has 140 valence electrons. The molecule has 0 unspecified atom stereocenters. The monoisotopic (exact) mass is 385 g/mol. The minimum absolute atomic E-state index is 0.0255. The molecule has 0 radical (unpaired) electrons. The van der Waals surface area contributed by atoms with Crippen LogP contribution in [0.15, 0.2) is 48.5 Å². The van der Waals surface area contributed by atoms with E-state index in [-0.39, 0.29) is 23.8 Å². The molecule has 2 aliphatic heterocycles. The molecule has 6 heteroatoms. The van der Waals surface area contributed by atoms with Gasteiger partial charge in [0, 0.05) is 35.7 Å². The van der Waals surface area contributed by atoms with E-state index in [2.05, 4.69) is 0 Å². The third kappa shape index (κ3) is 4.11. The lowest BCUT2D eigenvalue weighted by Crippen LogP contribution is -2.31. The molecule has 4 nitrogen and oxygen atoms in total. The smallest absolute Gasteiger partial charge is 0.246 e. The molecule has 1 saturated heterocycles. The molecule has 0 aromatic heterocycles. The van der Waals surface area contributed by atoms with Gasteiger partial charge in [-0.05, 0) is 36.3 Å². The Hall–Kier alpha value is -2.47. The van der Waals surface area contributed by atoms with Crippen LogP contribution in [0.5, 0.6) is 11.5 Å². The number of thioether (sulfide) groups is 1. The normalized spacial score (nSPS) is 19.3. The molecule has 2 aromatic carbocycles. The molecule has 0 spiro atoms. The maximum absolute atomic E-state index is 14.0. The van der Waals surface area contributed by atoms with Crippen LogP contribution >= 0.6 is 11.8 Å². The van der Waals surface area contributed by atoms with Crippen LogP contribution in [0.4, 0.5) is 4.39 Å². The Morgan fingerprint density at radius 1 is 1.15 bits per heavy atom. The van der Waals surface area contributed by atoms with Gasteiger partial charge in [0.2, 0.25) is 12.7 Å². The number of carbonyl (C=O) groups excluding carboxylic acids is 1. The minimum Gasteiger partial charge on any atom is -0.454 e. The summed E-state index contributed by atoms with van der Waals surface area (Å²) < 4.78 is 24.7. The zero-order valence-corrected chi connectivity index (χ0v) is 15.6. The van der Waals surface area contributed by atoms with E-state index in [0.717, 1.165) is 29.1 Å². The van der Waals surface area contributed by atoms with Crippen molar-refractivity contribution >= 4 is 23.7 Å². The summed E-state index contributed by atoms with van der Waals surface area (Å²) in [7, 11) is 0. The van der Waals surface area contributed by atoms with Crippen molar-refractivity contribution in [3.8, 4) is 11.5 Å². The summed E-state index contributed by atoms with van der Waals surface area (Å²) in [5, 5.41) is 0.0850. The van der Waals surface area contributed by atoms with Gasteiger partial charge in [0.25, 0.3) is 0 Å². The number of amides is 1. The highest BCUT2D eigenvalue weighted by Crippen LogP contribution is 2.36. The van der Waals surface area contributed by atoms with Gasteiger partial charge < -0.3 is 14.4 Å². The Kier molecular flexibility index (Phi) is 5.34. The lowest BCUT2D eigenvalue weighted by molar-refractivity contribution is -0.125. The van der Waals surface area contributed by atoms with Crippen LogP contribution in [0.2, 0.25) is 0 Å². The molecule has 1 amide bonds. The quantitative estimate of drug-likeness (QED) is 0.740. The molecule has 0 aliphatic carbocycles. The Bertz CT molecular complexity index is 870. The molecule has 1 atom stereocenters. The van der Waals surface area contributed by atoms with Crippen LogP contribution in [0.25, 0.3) is 6.08 Å². The largest absolute Gasteiger partial charge is 0.454 e. The van der Waals surface area contributed by atoms with Gasteiger partial charge in [0.15, 0.2) is 11.5 Å². The number of benzene rings is 2. The van der Waals surface area contributed by atoms with Crippen molar-refractivity contribution in [3.05, 3.63) is 65.5 Å². The second-order valence-electron chi connectivity index (χ2n) is 6.44.